The smallest absolute Gasteiger partial charge is 0.340 e. The SMILES string of the molecule is COC(=O)c1cc(N(c2ccccc2)c2ccccc2F)c(C(=O)OC)cc1N(c1ccccc1)c1ccccc1F. The molecule has 0 saturated carbocycles. The molecule has 6 nitrogen and oxygen atoms in total. The molecule has 0 aromatic heterocycles. The molecule has 0 spiro atoms. The van der Waals surface area contributed by atoms with Gasteiger partial charge in [-0.2, -0.15) is 0 Å². The monoisotopic (exact) mass is 564 g/mol. The second-order valence-corrected chi connectivity index (χ2v) is 9.11. The Kier molecular flexibility index (Phi) is 8.24. The molecule has 0 fully saturated rings. The zero-order chi connectivity index (χ0) is 29.6. The van der Waals surface area contributed by atoms with E-state index in [-0.39, 0.29) is 33.9 Å². The molecule has 0 unspecified atom stereocenters. The highest BCUT2D eigenvalue weighted by molar-refractivity contribution is 6.07. The van der Waals surface area contributed by atoms with E-state index >= 15 is 8.78 Å². The summed E-state index contributed by atoms with van der Waals surface area (Å²) in [5, 5.41) is 0. The highest BCUT2D eigenvalue weighted by Gasteiger charge is 2.30. The van der Waals surface area contributed by atoms with Crippen molar-refractivity contribution in [3.05, 3.63) is 144 Å². The quantitative estimate of drug-likeness (QED) is 0.176. The Morgan fingerprint density at radius 2 is 0.833 bits per heavy atom. The van der Waals surface area contributed by atoms with Crippen LogP contribution in [0.15, 0.2) is 121 Å². The van der Waals surface area contributed by atoms with E-state index in [2.05, 4.69) is 0 Å². The van der Waals surface area contributed by atoms with Gasteiger partial charge in [0.05, 0.1) is 48.1 Å². The molecule has 0 N–H and O–H groups in total. The minimum Gasteiger partial charge on any atom is -0.465 e. The summed E-state index contributed by atoms with van der Waals surface area (Å²) in [6.07, 6.45) is 0. The van der Waals surface area contributed by atoms with Gasteiger partial charge in [0.1, 0.15) is 11.6 Å². The minimum absolute atomic E-state index is 0.00419. The number of rotatable bonds is 8. The lowest BCUT2D eigenvalue weighted by molar-refractivity contribution is 0.0588. The summed E-state index contributed by atoms with van der Waals surface area (Å²) in [7, 11) is 2.45. The van der Waals surface area contributed by atoms with E-state index in [1.165, 1.54) is 48.3 Å². The first-order valence-corrected chi connectivity index (χ1v) is 13.0. The molecule has 5 rings (SSSR count). The topological polar surface area (TPSA) is 59.1 Å². The average molecular weight is 565 g/mol. The maximum atomic E-state index is 15.3. The molecule has 8 heteroatoms. The van der Waals surface area contributed by atoms with Crippen molar-refractivity contribution in [2.45, 2.75) is 0 Å². The number of carbonyl (C=O) groups excluding carboxylic acids is 2. The van der Waals surface area contributed by atoms with E-state index in [1.807, 2.05) is 0 Å². The van der Waals surface area contributed by atoms with Gasteiger partial charge in [0.25, 0.3) is 0 Å². The summed E-state index contributed by atoms with van der Waals surface area (Å²) < 4.78 is 41.0. The van der Waals surface area contributed by atoms with Gasteiger partial charge in [-0.3, -0.25) is 0 Å². The van der Waals surface area contributed by atoms with Crippen LogP contribution in [0.2, 0.25) is 0 Å². The summed E-state index contributed by atoms with van der Waals surface area (Å²) in [5.74, 6) is -2.61. The van der Waals surface area contributed by atoms with Gasteiger partial charge >= 0.3 is 11.9 Å². The number of esters is 2. The number of benzene rings is 5. The summed E-state index contributed by atoms with van der Waals surface area (Å²) in [6.45, 7) is 0. The Morgan fingerprint density at radius 1 is 0.500 bits per heavy atom. The molecule has 0 amide bonds. The van der Waals surface area contributed by atoms with Crippen LogP contribution in [-0.2, 0) is 9.47 Å². The summed E-state index contributed by atoms with van der Waals surface area (Å²) in [4.78, 5) is 29.8. The zero-order valence-corrected chi connectivity index (χ0v) is 22.8. The van der Waals surface area contributed by atoms with E-state index in [0.29, 0.717) is 11.4 Å². The first kappa shape index (κ1) is 28.0. The van der Waals surface area contributed by atoms with Crippen molar-refractivity contribution in [1.29, 1.82) is 0 Å². The van der Waals surface area contributed by atoms with Crippen molar-refractivity contribution >= 4 is 46.1 Å². The molecule has 210 valence electrons. The normalized spacial score (nSPS) is 10.6. The molecule has 42 heavy (non-hydrogen) atoms. The fourth-order valence-corrected chi connectivity index (χ4v) is 4.73. The number of para-hydroxylation sites is 4. The molecule has 0 atom stereocenters. The third-order valence-electron chi connectivity index (χ3n) is 6.62. The molecular formula is C34H26F2N2O4. The van der Waals surface area contributed by atoms with Crippen molar-refractivity contribution < 1.29 is 27.8 Å². The standard InChI is InChI=1S/C34H26F2N2O4/c1-41-33(39)25-21-32(38(24-15-7-4-8-16-24)30-20-12-10-18-28(30)36)26(34(40)42-2)22-31(25)37(23-13-5-3-6-14-23)29-19-11-9-17-27(29)35/h3-22H,1-2H3. The molecule has 0 aliphatic rings. The van der Waals surface area contributed by atoms with Gasteiger partial charge in [0.2, 0.25) is 0 Å². The highest BCUT2D eigenvalue weighted by atomic mass is 19.1. The average Bonchev–Trinajstić information content (AvgIpc) is 3.03. The molecule has 0 bridgehead atoms. The van der Waals surface area contributed by atoms with Gasteiger partial charge in [-0.05, 0) is 60.7 Å². The maximum Gasteiger partial charge on any atom is 0.340 e. The van der Waals surface area contributed by atoms with Gasteiger partial charge in [-0.25, -0.2) is 18.4 Å². The third-order valence-corrected chi connectivity index (χ3v) is 6.62. The van der Waals surface area contributed by atoms with E-state index in [0.717, 1.165) is 0 Å². The number of nitrogens with zero attached hydrogens (tertiary/aromatic N) is 2. The van der Waals surface area contributed by atoms with Crippen molar-refractivity contribution in [1.82, 2.24) is 0 Å². The minimum atomic E-state index is -0.749. The van der Waals surface area contributed by atoms with Crippen molar-refractivity contribution in [2.24, 2.45) is 0 Å². The van der Waals surface area contributed by atoms with Crippen molar-refractivity contribution in [3.8, 4) is 0 Å². The molecule has 5 aromatic carbocycles. The van der Waals surface area contributed by atoms with Crippen LogP contribution >= 0.6 is 0 Å². The van der Waals surface area contributed by atoms with E-state index in [1.54, 1.807) is 97.1 Å². The van der Waals surface area contributed by atoms with Gasteiger partial charge in [0.15, 0.2) is 0 Å². The number of anilines is 6. The zero-order valence-electron chi connectivity index (χ0n) is 22.8. The molecule has 0 radical (unpaired) electrons. The molecular weight excluding hydrogens is 538 g/mol. The number of methoxy groups -OCH3 is 2. The van der Waals surface area contributed by atoms with Gasteiger partial charge in [-0.15, -0.1) is 0 Å². The second kappa shape index (κ2) is 12.3. The first-order valence-electron chi connectivity index (χ1n) is 13.0. The Hall–Kier alpha value is -5.50. The molecule has 5 aromatic rings. The van der Waals surface area contributed by atoms with Crippen molar-refractivity contribution in [2.75, 3.05) is 24.0 Å². The number of hydrogen-bond donors (Lipinski definition) is 0. The van der Waals surface area contributed by atoms with Crippen LogP contribution in [0.25, 0.3) is 0 Å². The Labute approximate surface area is 242 Å². The molecule has 0 saturated heterocycles. The fourth-order valence-electron chi connectivity index (χ4n) is 4.73. The van der Waals surface area contributed by atoms with Crippen LogP contribution in [0.5, 0.6) is 0 Å². The van der Waals surface area contributed by atoms with E-state index < -0.39 is 23.6 Å². The lowest BCUT2D eigenvalue weighted by atomic mass is 10.0. The predicted molar refractivity (Wildman–Crippen MR) is 158 cm³/mol. The lowest BCUT2D eigenvalue weighted by Crippen LogP contribution is -2.21. The van der Waals surface area contributed by atoms with E-state index in [9.17, 15) is 9.59 Å². The first-order chi connectivity index (χ1) is 20.4. The number of halogens is 2. The number of ether oxygens (including phenoxy) is 2. The number of hydrogen-bond acceptors (Lipinski definition) is 6. The van der Waals surface area contributed by atoms with E-state index in [4.69, 9.17) is 9.47 Å². The highest BCUT2D eigenvalue weighted by Crippen LogP contribution is 2.44. The predicted octanol–water partition coefficient (Wildman–Crippen LogP) is 8.48. The van der Waals surface area contributed by atoms with Crippen LogP contribution in [0.4, 0.5) is 42.9 Å². The van der Waals surface area contributed by atoms with Crippen LogP contribution in [0.3, 0.4) is 0 Å². The largest absolute Gasteiger partial charge is 0.465 e. The van der Waals surface area contributed by atoms with Gasteiger partial charge < -0.3 is 19.3 Å². The third kappa shape index (κ3) is 5.42. The Bertz CT molecular complexity index is 1600. The lowest BCUT2D eigenvalue weighted by Gasteiger charge is -2.31. The Balaban J connectivity index is 1.88. The van der Waals surface area contributed by atoms with Crippen molar-refractivity contribution in [3.63, 3.8) is 0 Å². The second-order valence-electron chi connectivity index (χ2n) is 9.11. The summed E-state index contributed by atoms with van der Waals surface area (Å²) in [6, 6.07) is 32.7. The number of carbonyl (C=O) groups is 2. The van der Waals surface area contributed by atoms with Crippen LogP contribution in [0, 0.1) is 11.6 Å². The summed E-state index contributed by atoms with van der Waals surface area (Å²) in [5.41, 5.74) is 1.62. The fraction of sp³-hybridized carbons (Fsp3) is 0.0588. The maximum absolute atomic E-state index is 15.3. The molecule has 0 aliphatic carbocycles. The van der Waals surface area contributed by atoms with Gasteiger partial charge in [-0.1, -0.05) is 60.7 Å². The Morgan fingerprint density at radius 3 is 1.17 bits per heavy atom. The van der Waals surface area contributed by atoms with Crippen LogP contribution < -0.4 is 9.80 Å². The van der Waals surface area contributed by atoms with Gasteiger partial charge in [0, 0.05) is 11.4 Å². The molecule has 0 aliphatic heterocycles. The molecule has 0 heterocycles. The van der Waals surface area contributed by atoms with Crippen LogP contribution in [-0.4, -0.2) is 26.2 Å². The van der Waals surface area contributed by atoms with Crippen LogP contribution in [0.1, 0.15) is 20.7 Å². The summed E-state index contributed by atoms with van der Waals surface area (Å²) >= 11 is 0.